The second-order valence-electron chi connectivity index (χ2n) is 4.76. The summed E-state index contributed by atoms with van der Waals surface area (Å²) in [7, 11) is 1.52. The molecule has 0 aromatic heterocycles. The first kappa shape index (κ1) is 12.4. The van der Waals surface area contributed by atoms with Crippen molar-refractivity contribution < 1.29 is 14.7 Å². The number of carboxylic acid groups (broad SMARTS) is 1. The lowest BCUT2D eigenvalue weighted by Crippen LogP contribution is -2.39. The smallest absolute Gasteiger partial charge is 0.323 e. The average Bonchev–Trinajstić information content (AvgIpc) is 3.09. The van der Waals surface area contributed by atoms with E-state index in [0.29, 0.717) is 5.69 Å². The predicted octanol–water partition coefficient (Wildman–Crippen LogP) is 0.843. The molecule has 5 heteroatoms. The number of nitrogens with two attached hydrogens (primary N) is 1. The summed E-state index contributed by atoms with van der Waals surface area (Å²) in [6.45, 7) is -0.268. The molecule has 1 aliphatic rings. The Morgan fingerprint density at radius 1 is 1.33 bits per heavy atom. The van der Waals surface area contributed by atoms with Gasteiger partial charge in [-0.15, -0.1) is 0 Å². The van der Waals surface area contributed by atoms with E-state index in [4.69, 9.17) is 10.8 Å². The summed E-state index contributed by atoms with van der Waals surface area (Å²) in [5.74, 6) is -1.13. The molecule has 1 aliphatic carbocycles. The van der Waals surface area contributed by atoms with E-state index in [1.165, 1.54) is 11.9 Å². The monoisotopic (exact) mass is 248 g/mol. The molecule has 18 heavy (non-hydrogen) atoms. The van der Waals surface area contributed by atoms with Gasteiger partial charge in [0.05, 0.1) is 5.41 Å². The second-order valence-corrected chi connectivity index (χ2v) is 4.76. The fourth-order valence-electron chi connectivity index (χ4n) is 2.19. The number of hydrogen-bond acceptors (Lipinski definition) is 3. The lowest BCUT2D eigenvalue weighted by atomic mass is 9.94. The first-order valence-corrected chi connectivity index (χ1v) is 5.79. The zero-order valence-corrected chi connectivity index (χ0v) is 10.2. The molecule has 0 atom stereocenters. The number of benzene rings is 1. The summed E-state index contributed by atoms with van der Waals surface area (Å²) in [6, 6.07) is 7.21. The molecule has 0 unspecified atom stereocenters. The predicted molar refractivity (Wildman–Crippen MR) is 67.0 cm³/mol. The highest BCUT2D eigenvalue weighted by molar-refractivity contribution is 5.93. The van der Waals surface area contributed by atoms with Crippen molar-refractivity contribution in [3.05, 3.63) is 29.8 Å². The molecule has 0 saturated heterocycles. The Labute approximate surface area is 105 Å². The van der Waals surface area contributed by atoms with Crippen molar-refractivity contribution in [1.82, 2.24) is 4.90 Å². The van der Waals surface area contributed by atoms with Crippen molar-refractivity contribution in [2.24, 2.45) is 0 Å². The van der Waals surface area contributed by atoms with Crippen molar-refractivity contribution in [1.29, 1.82) is 0 Å². The van der Waals surface area contributed by atoms with Gasteiger partial charge in [-0.3, -0.25) is 9.59 Å². The van der Waals surface area contributed by atoms with Crippen molar-refractivity contribution in [2.45, 2.75) is 18.3 Å². The zero-order valence-electron chi connectivity index (χ0n) is 10.2. The van der Waals surface area contributed by atoms with Gasteiger partial charge in [-0.25, -0.2) is 0 Å². The van der Waals surface area contributed by atoms with Crippen LogP contribution in [-0.2, 0) is 15.0 Å². The molecule has 1 saturated carbocycles. The Bertz CT molecular complexity index is 478. The van der Waals surface area contributed by atoms with Crippen LogP contribution in [0.1, 0.15) is 18.4 Å². The Kier molecular flexibility index (Phi) is 2.98. The Hall–Kier alpha value is -2.04. The highest BCUT2D eigenvalue weighted by Crippen LogP contribution is 2.49. The van der Waals surface area contributed by atoms with Crippen molar-refractivity contribution >= 4 is 17.6 Å². The van der Waals surface area contributed by atoms with Crippen LogP contribution in [0.4, 0.5) is 5.69 Å². The number of rotatable bonds is 4. The molecule has 1 fully saturated rings. The summed E-state index contributed by atoms with van der Waals surface area (Å²) in [4.78, 5) is 24.2. The molecule has 2 rings (SSSR count). The second kappa shape index (κ2) is 4.33. The molecule has 1 amide bonds. The number of nitrogens with zero attached hydrogens (tertiary/aromatic N) is 1. The number of hydrogen-bond donors (Lipinski definition) is 2. The van der Waals surface area contributed by atoms with Crippen LogP contribution >= 0.6 is 0 Å². The molecule has 3 N–H and O–H groups in total. The minimum absolute atomic E-state index is 0.130. The molecule has 1 aromatic carbocycles. The fraction of sp³-hybridized carbons (Fsp3) is 0.385. The van der Waals surface area contributed by atoms with Crippen LogP contribution in [0.15, 0.2) is 24.3 Å². The van der Waals surface area contributed by atoms with E-state index < -0.39 is 11.4 Å². The topological polar surface area (TPSA) is 83.6 Å². The maximum absolute atomic E-state index is 12.3. The van der Waals surface area contributed by atoms with Crippen LogP contribution in [0.25, 0.3) is 0 Å². The van der Waals surface area contributed by atoms with Gasteiger partial charge in [-0.1, -0.05) is 12.1 Å². The minimum atomic E-state index is -1.00. The highest BCUT2D eigenvalue weighted by atomic mass is 16.4. The van der Waals surface area contributed by atoms with E-state index in [2.05, 4.69) is 0 Å². The van der Waals surface area contributed by atoms with Crippen LogP contribution in [0, 0.1) is 0 Å². The number of anilines is 1. The van der Waals surface area contributed by atoms with Gasteiger partial charge in [-0.05, 0) is 30.5 Å². The van der Waals surface area contributed by atoms with Crippen molar-refractivity contribution in [3.63, 3.8) is 0 Å². The quantitative estimate of drug-likeness (QED) is 0.773. The number of likely N-dealkylation sites (N-methyl/N-ethyl adjacent to an activating group) is 1. The molecule has 0 spiro atoms. The van der Waals surface area contributed by atoms with E-state index in [9.17, 15) is 9.59 Å². The lowest BCUT2D eigenvalue weighted by molar-refractivity contribution is -0.144. The Morgan fingerprint density at radius 2 is 1.89 bits per heavy atom. The van der Waals surface area contributed by atoms with Gasteiger partial charge in [0.1, 0.15) is 6.54 Å². The summed E-state index contributed by atoms with van der Waals surface area (Å²) in [5, 5.41) is 8.72. The molecule has 5 nitrogen and oxygen atoms in total. The number of carboxylic acids is 1. The van der Waals surface area contributed by atoms with Crippen molar-refractivity contribution in [2.75, 3.05) is 19.3 Å². The largest absolute Gasteiger partial charge is 0.480 e. The van der Waals surface area contributed by atoms with Gasteiger partial charge in [0.25, 0.3) is 0 Å². The third kappa shape index (κ3) is 2.16. The SMILES string of the molecule is CN(CC(=O)O)C(=O)C1(c2ccc(N)cc2)CC1. The summed E-state index contributed by atoms with van der Waals surface area (Å²) in [5.41, 5.74) is 6.66. The first-order chi connectivity index (χ1) is 8.45. The first-order valence-electron chi connectivity index (χ1n) is 5.79. The molecular formula is C13H16N2O3. The van der Waals surface area contributed by atoms with Gasteiger partial charge in [0.2, 0.25) is 5.91 Å². The van der Waals surface area contributed by atoms with E-state index in [1.54, 1.807) is 12.1 Å². The minimum Gasteiger partial charge on any atom is -0.480 e. The highest BCUT2D eigenvalue weighted by Gasteiger charge is 2.52. The van der Waals surface area contributed by atoms with Crippen LogP contribution in [-0.4, -0.2) is 35.5 Å². The molecule has 0 bridgehead atoms. The number of aliphatic carboxylic acids is 1. The molecule has 0 radical (unpaired) electrons. The normalized spacial score (nSPS) is 16.1. The van der Waals surface area contributed by atoms with E-state index >= 15 is 0 Å². The van der Waals surface area contributed by atoms with Gasteiger partial charge in [-0.2, -0.15) is 0 Å². The summed E-state index contributed by atoms with van der Waals surface area (Å²) in [6.07, 6.45) is 1.53. The maximum atomic E-state index is 12.3. The van der Waals surface area contributed by atoms with Crippen LogP contribution in [0.2, 0.25) is 0 Å². The van der Waals surface area contributed by atoms with Gasteiger partial charge in [0.15, 0.2) is 0 Å². The fourth-order valence-corrected chi connectivity index (χ4v) is 2.19. The summed E-state index contributed by atoms with van der Waals surface area (Å²) < 4.78 is 0. The van der Waals surface area contributed by atoms with E-state index in [1.807, 2.05) is 12.1 Å². The lowest BCUT2D eigenvalue weighted by Gasteiger charge is -2.22. The van der Waals surface area contributed by atoms with Crippen LogP contribution < -0.4 is 5.73 Å². The van der Waals surface area contributed by atoms with Crippen LogP contribution in [0.3, 0.4) is 0 Å². The Balaban J connectivity index is 2.19. The average molecular weight is 248 g/mol. The molecular weight excluding hydrogens is 232 g/mol. The standard InChI is InChI=1S/C13H16N2O3/c1-15(8-11(16)17)12(18)13(6-7-13)9-2-4-10(14)5-3-9/h2-5H,6-8,14H2,1H3,(H,16,17). The number of nitrogen functional groups attached to an aromatic ring is 1. The third-order valence-electron chi connectivity index (χ3n) is 3.34. The molecule has 96 valence electrons. The van der Waals surface area contributed by atoms with Gasteiger partial charge in [0, 0.05) is 12.7 Å². The Morgan fingerprint density at radius 3 is 2.33 bits per heavy atom. The van der Waals surface area contributed by atoms with E-state index in [-0.39, 0.29) is 12.5 Å². The third-order valence-corrected chi connectivity index (χ3v) is 3.34. The van der Waals surface area contributed by atoms with Gasteiger partial charge >= 0.3 is 5.97 Å². The van der Waals surface area contributed by atoms with Crippen molar-refractivity contribution in [3.8, 4) is 0 Å². The maximum Gasteiger partial charge on any atom is 0.323 e. The molecule has 0 aliphatic heterocycles. The van der Waals surface area contributed by atoms with E-state index in [0.717, 1.165) is 18.4 Å². The molecule has 0 heterocycles. The summed E-state index contributed by atoms with van der Waals surface area (Å²) >= 11 is 0. The number of carbonyl (C=O) groups excluding carboxylic acids is 1. The van der Waals surface area contributed by atoms with Gasteiger partial charge < -0.3 is 15.7 Å². The molecule has 1 aromatic rings. The van der Waals surface area contributed by atoms with Crippen LogP contribution in [0.5, 0.6) is 0 Å². The zero-order chi connectivity index (χ0) is 13.3. The number of amides is 1. The number of carbonyl (C=O) groups is 2.